The lowest BCUT2D eigenvalue weighted by molar-refractivity contribution is 0.0105. The van der Waals surface area contributed by atoms with E-state index < -0.39 is 11.4 Å². The number of anilines is 1. The van der Waals surface area contributed by atoms with Gasteiger partial charge in [-0.1, -0.05) is 13.8 Å². The average Bonchev–Trinajstić information content (AvgIpc) is 2.60. The molecule has 2 heterocycles. The summed E-state index contributed by atoms with van der Waals surface area (Å²) in [6.45, 7) is 10.4. The number of fused-ring (bicyclic) bond motifs is 1. The van der Waals surface area contributed by atoms with Gasteiger partial charge < -0.3 is 19.7 Å². The highest BCUT2D eigenvalue weighted by Crippen LogP contribution is 2.36. The number of ether oxygens (including phenoxy) is 2. The molecule has 0 atom stereocenters. The van der Waals surface area contributed by atoms with Crippen LogP contribution in [0, 0.1) is 5.82 Å². The van der Waals surface area contributed by atoms with Crippen LogP contribution in [0.3, 0.4) is 0 Å². The van der Waals surface area contributed by atoms with E-state index in [1.54, 1.807) is 11.0 Å². The number of benzene rings is 1. The van der Waals surface area contributed by atoms with E-state index in [1.165, 1.54) is 13.4 Å². The van der Waals surface area contributed by atoms with Crippen LogP contribution in [0.4, 0.5) is 15.0 Å². The molecule has 7 nitrogen and oxygen atoms in total. The second-order valence-corrected chi connectivity index (χ2v) is 7.90. The van der Waals surface area contributed by atoms with E-state index in [0.717, 1.165) is 0 Å². The molecule has 0 aliphatic carbocycles. The molecule has 9 heteroatoms. The largest absolute Gasteiger partial charge is 0.496 e. The Hall–Kier alpha value is -2.16. The van der Waals surface area contributed by atoms with E-state index >= 15 is 0 Å². The second-order valence-electron chi connectivity index (χ2n) is 7.05. The normalized spacial score (nSPS) is 14.1. The third-order valence-corrected chi connectivity index (χ3v) is 4.44. The van der Waals surface area contributed by atoms with Gasteiger partial charge in [-0.3, -0.25) is 0 Å². The molecule has 1 aromatic heterocycles. The van der Waals surface area contributed by atoms with Gasteiger partial charge in [0.15, 0.2) is 5.82 Å². The van der Waals surface area contributed by atoms with Crippen molar-refractivity contribution in [3.05, 3.63) is 22.7 Å². The van der Waals surface area contributed by atoms with Crippen molar-refractivity contribution in [2.45, 2.75) is 46.3 Å². The Kier molecular flexibility index (Phi) is 7.03. The fourth-order valence-corrected chi connectivity index (χ4v) is 3.05. The number of likely N-dealkylation sites (tertiary alicyclic amines) is 1. The molecule has 1 amide bonds. The molecule has 1 aromatic carbocycles. The average molecular weight is 457 g/mol. The number of nitrogens with one attached hydrogen (secondary N) is 1. The van der Waals surface area contributed by atoms with Crippen LogP contribution in [0.15, 0.2) is 16.9 Å². The number of rotatable bonds is 3. The lowest BCUT2D eigenvalue weighted by Gasteiger charge is -2.40. The number of methoxy groups -OCH3 is 1. The fourth-order valence-electron chi connectivity index (χ4n) is 2.66. The monoisotopic (exact) mass is 456 g/mol. The first-order valence-electron chi connectivity index (χ1n) is 9.10. The smallest absolute Gasteiger partial charge is 0.410 e. The molecule has 1 aliphatic rings. The highest BCUT2D eigenvalue weighted by atomic mass is 79.9. The molecule has 0 bridgehead atoms. The van der Waals surface area contributed by atoms with Gasteiger partial charge >= 0.3 is 6.09 Å². The maximum atomic E-state index is 14.4. The number of hydrogen-bond donors (Lipinski definition) is 1. The first-order chi connectivity index (χ1) is 13.2. The lowest BCUT2D eigenvalue weighted by atomic mass is 10.1. The zero-order valence-corrected chi connectivity index (χ0v) is 18.6. The van der Waals surface area contributed by atoms with Crippen molar-refractivity contribution >= 4 is 38.7 Å². The predicted octanol–water partition coefficient (Wildman–Crippen LogP) is 4.60. The van der Waals surface area contributed by atoms with Crippen LogP contribution in [-0.2, 0) is 4.74 Å². The molecule has 0 spiro atoms. The second kappa shape index (κ2) is 8.89. The Bertz CT molecular complexity index is 851. The van der Waals surface area contributed by atoms with Crippen molar-refractivity contribution < 1.29 is 18.7 Å². The Labute approximate surface area is 172 Å². The van der Waals surface area contributed by atoms with Gasteiger partial charge in [-0.15, -0.1) is 0 Å². The standard InChI is InChI=1S/C17H20BrFN4O3.C2H6/c1-17(2,3)26-16(24)23-6-9(7-23)22-15-12-11(25-4)5-10(18)13(19)14(12)20-8-21-15;1-2/h5,8-9H,6-7H2,1-4H3,(H,20,21,22);1-2H3. The molecular formula is C19H26BrFN4O3. The number of aromatic nitrogens is 2. The molecule has 0 saturated carbocycles. The van der Waals surface area contributed by atoms with E-state index in [9.17, 15) is 9.18 Å². The number of amides is 1. The summed E-state index contributed by atoms with van der Waals surface area (Å²) >= 11 is 3.16. The Morgan fingerprint density at radius 2 is 1.96 bits per heavy atom. The number of halogens is 2. The predicted molar refractivity (Wildman–Crippen MR) is 110 cm³/mol. The molecule has 3 rings (SSSR count). The van der Waals surface area contributed by atoms with Gasteiger partial charge in [0.25, 0.3) is 0 Å². The van der Waals surface area contributed by atoms with Gasteiger partial charge in [0, 0.05) is 13.1 Å². The van der Waals surface area contributed by atoms with Gasteiger partial charge in [0.1, 0.15) is 29.0 Å². The maximum Gasteiger partial charge on any atom is 0.410 e. The summed E-state index contributed by atoms with van der Waals surface area (Å²) in [4.78, 5) is 21.9. The van der Waals surface area contributed by atoms with Crippen LogP contribution in [-0.4, -0.2) is 52.8 Å². The van der Waals surface area contributed by atoms with Crippen molar-refractivity contribution in [3.63, 3.8) is 0 Å². The van der Waals surface area contributed by atoms with E-state index in [0.29, 0.717) is 30.0 Å². The van der Waals surface area contributed by atoms with Crippen LogP contribution in [0.25, 0.3) is 10.9 Å². The van der Waals surface area contributed by atoms with Crippen LogP contribution in [0.1, 0.15) is 34.6 Å². The van der Waals surface area contributed by atoms with E-state index in [1.807, 2.05) is 34.6 Å². The number of carbonyl (C=O) groups excluding carboxylic acids is 1. The van der Waals surface area contributed by atoms with Crippen LogP contribution in [0.5, 0.6) is 5.75 Å². The first-order valence-corrected chi connectivity index (χ1v) is 9.90. The Morgan fingerprint density at radius 1 is 1.32 bits per heavy atom. The van der Waals surface area contributed by atoms with Gasteiger partial charge in [0.2, 0.25) is 0 Å². The summed E-state index contributed by atoms with van der Waals surface area (Å²) in [5.41, 5.74) is -0.367. The minimum atomic E-state index is -0.531. The SMILES string of the molecule is CC.COc1cc(Br)c(F)c2ncnc(NC3CN(C(=O)OC(C)(C)C)C3)c12. The molecule has 0 radical (unpaired) electrons. The Balaban J connectivity index is 0.00000136. The van der Waals surface area contributed by atoms with Gasteiger partial charge in [0.05, 0.1) is 23.0 Å². The summed E-state index contributed by atoms with van der Waals surface area (Å²) in [5, 5.41) is 3.69. The summed E-state index contributed by atoms with van der Waals surface area (Å²) in [5.74, 6) is 0.446. The van der Waals surface area contributed by atoms with Gasteiger partial charge in [-0.25, -0.2) is 19.2 Å². The summed E-state index contributed by atoms with van der Waals surface area (Å²) < 4.78 is 25.3. The summed E-state index contributed by atoms with van der Waals surface area (Å²) in [6, 6.07) is 1.53. The minimum Gasteiger partial charge on any atom is -0.496 e. The van der Waals surface area contributed by atoms with Gasteiger partial charge in [-0.2, -0.15) is 0 Å². The summed E-state index contributed by atoms with van der Waals surface area (Å²) in [6.07, 6.45) is 0.944. The number of carbonyl (C=O) groups is 1. The Morgan fingerprint density at radius 3 is 2.54 bits per heavy atom. The lowest BCUT2D eigenvalue weighted by Crippen LogP contribution is -2.58. The maximum absolute atomic E-state index is 14.4. The highest BCUT2D eigenvalue weighted by molar-refractivity contribution is 9.10. The third kappa shape index (κ3) is 4.81. The molecule has 154 valence electrons. The summed E-state index contributed by atoms with van der Waals surface area (Å²) in [7, 11) is 1.50. The molecule has 0 unspecified atom stereocenters. The zero-order chi connectivity index (χ0) is 21.1. The molecule has 2 aromatic rings. The molecule has 1 aliphatic heterocycles. The van der Waals surface area contributed by atoms with Crippen molar-refractivity contribution in [2.24, 2.45) is 0 Å². The quantitative estimate of drug-likeness (QED) is 0.726. The number of nitrogens with zero attached hydrogens (tertiary/aromatic N) is 3. The van der Waals surface area contributed by atoms with E-state index in [-0.39, 0.29) is 22.1 Å². The molecule has 1 N–H and O–H groups in total. The molecule has 28 heavy (non-hydrogen) atoms. The van der Waals surface area contributed by atoms with Crippen molar-refractivity contribution in [2.75, 3.05) is 25.5 Å². The molecule has 1 saturated heterocycles. The molecule has 1 fully saturated rings. The zero-order valence-electron chi connectivity index (χ0n) is 17.0. The molecular weight excluding hydrogens is 431 g/mol. The van der Waals surface area contributed by atoms with Gasteiger partial charge in [-0.05, 0) is 42.8 Å². The van der Waals surface area contributed by atoms with E-state index in [4.69, 9.17) is 9.47 Å². The van der Waals surface area contributed by atoms with E-state index in [2.05, 4.69) is 31.2 Å². The first kappa shape index (κ1) is 22.1. The third-order valence-electron chi connectivity index (χ3n) is 3.86. The van der Waals surface area contributed by atoms with Crippen LogP contribution >= 0.6 is 15.9 Å². The topological polar surface area (TPSA) is 76.6 Å². The number of hydrogen-bond acceptors (Lipinski definition) is 6. The van der Waals surface area contributed by atoms with Crippen molar-refractivity contribution in [1.82, 2.24) is 14.9 Å². The fraction of sp³-hybridized carbons (Fsp3) is 0.526. The highest BCUT2D eigenvalue weighted by Gasteiger charge is 2.34. The van der Waals surface area contributed by atoms with Crippen molar-refractivity contribution in [1.29, 1.82) is 0 Å². The van der Waals surface area contributed by atoms with Crippen LogP contribution < -0.4 is 10.1 Å². The van der Waals surface area contributed by atoms with Crippen LogP contribution in [0.2, 0.25) is 0 Å². The minimum absolute atomic E-state index is 0.0166. The van der Waals surface area contributed by atoms with Crippen molar-refractivity contribution in [3.8, 4) is 5.75 Å².